The lowest BCUT2D eigenvalue weighted by Gasteiger charge is -2.25. The molecule has 2 aliphatic rings. The van der Waals surface area contributed by atoms with Gasteiger partial charge < -0.3 is 19.9 Å². The van der Waals surface area contributed by atoms with Crippen molar-refractivity contribution in [3.05, 3.63) is 53.6 Å². The standard InChI is InChI=1S/C22H23F2N3O3/c1-3-8-25-22(29)27-11-18-20(12-27)30-19-9-13(4-6-16(19)21(28)26(18)2)15-7-5-14(23)10-17(15)24/h4-7,9-10,18,20H,3,8,11-12H2,1-2H3,(H,25,29). The summed E-state index contributed by atoms with van der Waals surface area (Å²) in [6.07, 6.45) is 0.429. The van der Waals surface area contributed by atoms with Gasteiger partial charge in [-0.05, 0) is 36.2 Å². The molecule has 3 amide bonds. The van der Waals surface area contributed by atoms with Crippen LogP contribution in [0.2, 0.25) is 0 Å². The zero-order valence-electron chi connectivity index (χ0n) is 16.8. The summed E-state index contributed by atoms with van der Waals surface area (Å²) < 4.78 is 33.6. The molecule has 158 valence electrons. The normalized spacial score (nSPS) is 20.3. The minimum atomic E-state index is -0.690. The fraction of sp³-hybridized carbons (Fsp3) is 0.364. The van der Waals surface area contributed by atoms with E-state index in [4.69, 9.17) is 4.74 Å². The summed E-state index contributed by atoms with van der Waals surface area (Å²) >= 11 is 0. The Balaban J connectivity index is 1.64. The van der Waals surface area contributed by atoms with Gasteiger partial charge in [-0.2, -0.15) is 0 Å². The molecule has 2 aromatic carbocycles. The predicted octanol–water partition coefficient (Wildman–Crippen LogP) is 3.27. The smallest absolute Gasteiger partial charge is 0.317 e. The number of hydrogen-bond acceptors (Lipinski definition) is 3. The monoisotopic (exact) mass is 415 g/mol. The lowest BCUT2D eigenvalue weighted by atomic mass is 10.0. The lowest BCUT2D eigenvalue weighted by Crippen LogP contribution is -2.44. The number of ether oxygens (including phenoxy) is 1. The van der Waals surface area contributed by atoms with Gasteiger partial charge >= 0.3 is 6.03 Å². The Morgan fingerprint density at radius 3 is 2.67 bits per heavy atom. The van der Waals surface area contributed by atoms with Crippen molar-refractivity contribution in [3.8, 4) is 16.9 Å². The van der Waals surface area contributed by atoms with Gasteiger partial charge in [0.05, 0.1) is 18.2 Å². The highest BCUT2D eigenvalue weighted by Gasteiger charge is 2.43. The summed E-state index contributed by atoms with van der Waals surface area (Å²) in [5.74, 6) is -1.24. The van der Waals surface area contributed by atoms with Crippen molar-refractivity contribution < 1.29 is 23.1 Å². The highest BCUT2D eigenvalue weighted by Crippen LogP contribution is 2.35. The van der Waals surface area contributed by atoms with Gasteiger partial charge in [-0.15, -0.1) is 0 Å². The number of halogens is 2. The van der Waals surface area contributed by atoms with Crippen LogP contribution in [0.25, 0.3) is 11.1 Å². The third kappa shape index (κ3) is 3.58. The van der Waals surface area contributed by atoms with Gasteiger partial charge in [0.25, 0.3) is 5.91 Å². The zero-order chi connectivity index (χ0) is 21.4. The van der Waals surface area contributed by atoms with E-state index in [1.54, 1.807) is 35.0 Å². The van der Waals surface area contributed by atoms with Crippen LogP contribution in [0.4, 0.5) is 13.6 Å². The topological polar surface area (TPSA) is 61.9 Å². The molecule has 0 radical (unpaired) electrons. The van der Waals surface area contributed by atoms with Crippen molar-refractivity contribution >= 4 is 11.9 Å². The molecule has 2 heterocycles. The van der Waals surface area contributed by atoms with E-state index in [0.717, 1.165) is 12.5 Å². The van der Waals surface area contributed by atoms with Gasteiger partial charge in [-0.25, -0.2) is 13.6 Å². The summed E-state index contributed by atoms with van der Waals surface area (Å²) in [5, 5.41) is 2.84. The number of benzene rings is 2. The van der Waals surface area contributed by atoms with E-state index >= 15 is 0 Å². The molecule has 4 rings (SSSR count). The number of likely N-dealkylation sites (N-methyl/N-ethyl adjacent to an activating group) is 1. The highest BCUT2D eigenvalue weighted by atomic mass is 19.1. The van der Waals surface area contributed by atoms with Crippen LogP contribution >= 0.6 is 0 Å². The second kappa shape index (κ2) is 7.93. The van der Waals surface area contributed by atoms with Crippen LogP contribution in [-0.2, 0) is 0 Å². The van der Waals surface area contributed by atoms with E-state index in [1.807, 2.05) is 6.92 Å². The minimum absolute atomic E-state index is 0.184. The van der Waals surface area contributed by atoms with Crippen molar-refractivity contribution in [2.24, 2.45) is 0 Å². The molecule has 0 bridgehead atoms. The third-order valence-electron chi connectivity index (χ3n) is 5.60. The Morgan fingerprint density at radius 1 is 1.17 bits per heavy atom. The molecule has 30 heavy (non-hydrogen) atoms. The SMILES string of the molecule is CCCNC(=O)N1CC2Oc3cc(-c4ccc(F)cc4F)ccc3C(=O)N(C)C2C1. The number of amides is 3. The van der Waals surface area contributed by atoms with E-state index in [-0.39, 0.29) is 23.5 Å². The zero-order valence-corrected chi connectivity index (χ0v) is 16.8. The van der Waals surface area contributed by atoms with Crippen LogP contribution in [0, 0.1) is 11.6 Å². The van der Waals surface area contributed by atoms with Crippen molar-refractivity contribution in [1.82, 2.24) is 15.1 Å². The van der Waals surface area contributed by atoms with Gasteiger partial charge in [0, 0.05) is 31.8 Å². The average molecular weight is 415 g/mol. The number of likely N-dealkylation sites (tertiary alicyclic amines) is 1. The van der Waals surface area contributed by atoms with Gasteiger partial charge in [-0.3, -0.25) is 4.79 Å². The van der Waals surface area contributed by atoms with E-state index in [1.165, 1.54) is 12.1 Å². The number of nitrogens with zero attached hydrogens (tertiary/aromatic N) is 2. The Bertz CT molecular complexity index is 998. The number of carbonyl (C=O) groups is 2. The first-order valence-corrected chi connectivity index (χ1v) is 9.95. The van der Waals surface area contributed by atoms with Crippen molar-refractivity contribution in [2.45, 2.75) is 25.5 Å². The molecule has 0 spiro atoms. The van der Waals surface area contributed by atoms with E-state index < -0.39 is 17.7 Å². The van der Waals surface area contributed by atoms with Gasteiger partial charge in [0.15, 0.2) is 0 Å². The maximum atomic E-state index is 14.2. The lowest BCUT2D eigenvalue weighted by molar-refractivity contribution is 0.0682. The van der Waals surface area contributed by atoms with Crippen molar-refractivity contribution in [2.75, 3.05) is 26.7 Å². The summed E-state index contributed by atoms with van der Waals surface area (Å²) in [6, 6.07) is 7.70. The first kappa shape index (κ1) is 20.1. The number of urea groups is 1. The summed E-state index contributed by atoms with van der Waals surface area (Å²) in [4.78, 5) is 28.6. The molecule has 1 fully saturated rings. The number of fused-ring (bicyclic) bond motifs is 2. The van der Waals surface area contributed by atoms with Crippen LogP contribution in [0.3, 0.4) is 0 Å². The second-order valence-electron chi connectivity index (χ2n) is 7.61. The molecular formula is C22H23F2N3O3. The molecular weight excluding hydrogens is 392 g/mol. The first-order valence-electron chi connectivity index (χ1n) is 9.95. The molecule has 1 N–H and O–H groups in total. The molecule has 8 heteroatoms. The molecule has 6 nitrogen and oxygen atoms in total. The number of hydrogen-bond donors (Lipinski definition) is 1. The maximum Gasteiger partial charge on any atom is 0.317 e. The molecule has 2 atom stereocenters. The summed E-state index contributed by atoms with van der Waals surface area (Å²) in [7, 11) is 1.69. The molecule has 0 aliphatic carbocycles. The molecule has 2 unspecified atom stereocenters. The largest absolute Gasteiger partial charge is 0.485 e. The van der Waals surface area contributed by atoms with Crippen LogP contribution in [0.5, 0.6) is 5.75 Å². The summed E-state index contributed by atoms with van der Waals surface area (Å²) in [5.41, 5.74) is 1.08. The Labute approximate surface area is 173 Å². The maximum absolute atomic E-state index is 14.2. The number of rotatable bonds is 3. The highest BCUT2D eigenvalue weighted by molar-refractivity contribution is 5.98. The second-order valence-corrected chi connectivity index (χ2v) is 7.61. The van der Waals surface area contributed by atoms with Crippen LogP contribution in [0.1, 0.15) is 23.7 Å². The third-order valence-corrected chi connectivity index (χ3v) is 5.60. The Morgan fingerprint density at radius 2 is 1.93 bits per heavy atom. The summed E-state index contributed by atoms with van der Waals surface area (Å²) in [6.45, 7) is 3.26. The molecule has 0 saturated carbocycles. The molecule has 2 aliphatic heterocycles. The van der Waals surface area contributed by atoms with Gasteiger partial charge in [-0.1, -0.05) is 13.0 Å². The van der Waals surface area contributed by atoms with Crippen molar-refractivity contribution in [1.29, 1.82) is 0 Å². The minimum Gasteiger partial charge on any atom is -0.485 e. The van der Waals surface area contributed by atoms with Crippen molar-refractivity contribution in [3.63, 3.8) is 0 Å². The molecule has 1 saturated heterocycles. The quantitative estimate of drug-likeness (QED) is 0.837. The van der Waals surface area contributed by atoms with Gasteiger partial charge in [0.2, 0.25) is 0 Å². The molecule has 2 aromatic rings. The average Bonchev–Trinajstić information content (AvgIpc) is 3.11. The number of carbonyl (C=O) groups excluding carboxylic acids is 2. The fourth-order valence-corrected chi connectivity index (χ4v) is 3.95. The fourth-order valence-electron chi connectivity index (χ4n) is 3.95. The van der Waals surface area contributed by atoms with Crippen LogP contribution in [-0.4, -0.2) is 60.6 Å². The van der Waals surface area contributed by atoms with Crippen LogP contribution in [0.15, 0.2) is 36.4 Å². The Hall–Kier alpha value is -3.16. The molecule has 0 aromatic heterocycles. The number of nitrogens with one attached hydrogen (secondary N) is 1. The van der Waals surface area contributed by atoms with Gasteiger partial charge in [0.1, 0.15) is 23.5 Å². The Kier molecular flexibility index (Phi) is 5.32. The van der Waals surface area contributed by atoms with E-state index in [2.05, 4.69) is 5.32 Å². The van der Waals surface area contributed by atoms with Crippen LogP contribution < -0.4 is 10.1 Å². The first-order chi connectivity index (χ1) is 14.4. The van der Waals surface area contributed by atoms with E-state index in [9.17, 15) is 18.4 Å². The van der Waals surface area contributed by atoms with E-state index in [0.29, 0.717) is 36.5 Å². The predicted molar refractivity (Wildman–Crippen MR) is 107 cm³/mol.